The van der Waals surface area contributed by atoms with Crippen LogP contribution in [0.4, 0.5) is 5.69 Å². The van der Waals surface area contributed by atoms with E-state index >= 15 is 0 Å². The van der Waals surface area contributed by atoms with Gasteiger partial charge in [-0.3, -0.25) is 14.5 Å². The van der Waals surface area contributed by atoms with E-state index in [1.54, 1.807) is 0 Å². The van der Waals surface area contributed by atoms with Gasteiger partial charge in [0, 0.05) is 18.8 Å². The van der Waals surface area contributed by atoms with Gasteiger partial charge in [0.1, 0.15) is 11.4 Å². The fraction of sp³-hybridized carbons (Fsp3) is 0.360. The van der Waals surface area contributed by atoms with Gasteiger partial charge in [-0.25, -0.2) is 0 Å². The number of carbonyl (C=O) groups is 2. The fourth-order valence-corrected chi connectivity index (χ4v) is 3.65. The average Bonchev–Trinajstić information content (AvgIpc) is 2.94. The van der Waals surface area contributed by atoms with Crippen molar-refractivity contribution >= 4 is 23.1 Å². The maximum absolute atomic E-state index is 13.4. The van der Waals surface area contributed by atoms with Crippen LogP contribution >= 0.6 is 0 Å². The molecule has 5 nitrogen and oxygen atoms in total. The molecule has 2 aromatic carbocycles. The summed E-state index contributed by atoms with van der Waals surface area (Å²) in [5, 5.41) is 0. The second-order valence-corrected chi connectivity index (χ2v) is 8.11. The van der Waals surface area contributed by atoms with Crippen LogP contribution in [-0.4, -0.2) is 35.9 Å². The number of anilines is 1. The molecule has 0 saturated heterocycles. The van der Waals surface area contributed by atoms with E-state index in [0.717, 1.165) is 17.0 Å². The number of para-hydroxylation sites is 1. The second-order valence-electron chi connectivity index (χ2n) is 8.11. The minimum atomic E-state index is -0.240. The quantitative estimate of drug-likeness (QED) is 0.595. The van der Waals surface area contributed by atoms with E-state index in [-0.39, 0.29) is 23.8 Å². The zero-order valence-corrected chi connectivity index (χ0v) is 18.4. The van der Waals surface area contributed by atoms with E-state index in [0.29, 0.717) is 24.4 Å². The Morgan fingerprint density at radius 1 is 0.900 bits per heavy atom. The molecule has 0 radical (unpaired) electrons. The van der Waals surface area contributed by atoms with Crippen LogP contribution in [0.25, 0.3) is 5.57 Å². The first-order chi connectivity index (χ1) is 14.3. The number of imide groups is 1. The Kier molecular flexibility index (Phi) is 6.60. The number of ether oxygens (including phenoxy) is 1. The first kappa shape index (κ1) is 21.6. The molecule has 5 heteroatoms. The van der Waals surface area contributed by atoms with Gasteiger partial charge < -0.3 is 9.64 Å². The van der Waals surface area contributed by atoms with Gasteiger partial charge in [-0.2, -0.15) is 0 Å². The number of hydrogen-bond donors (Lipinski definition) is 0. The van der Waals surface area contributed by atoms with Gasteiger partial charge in [-0.15, -0.1) is 0 Å². The van der Waals surface area contributed by atoms with Crippen molar-refractivity contribution in [3.05, 3.63) is 65.9 Å². The maximum atomic E-state index is 13.4. The molecule has 0 bridgehead atoms. The van der Waals surface area contributed by atoms with Crippen molar-refractivity contribution in [2.75, 3.05) is 18.0 Å². The van der Waals surface area contributed by atoms with Crippen LogP contribution in [0.3, 0.4) is 0 Å². The molecule has 0 aliphatic carbocycles. The molecular formula is C25H30N2O3. The summed E-state index contributed by atoms with van der Waals surface area (Å²) in [6, 6.07) is 17.1. The lowest BCUT2D eigenvalue weighted by Crippen LogP contribution is -2.37. The molecule has 1 aliphatic heterocycles. The minimum Gasteiger partial charge on any atom is -0.491 e. The number of benzene rings is 2. The lowest BCUT2D eigenvalue weighted by molar-refractivity contribution is -0.137. The van der Waals surface area contributed by atoms with Crippen LogP contribution in [0.15, 0.2) is 60.3 Å². The Bertz CT molecular complexity index is 931. The highest BCUT2D eigenvalue weighted by atomic mass is 16.5. The maximum Gasteiger partial charge on any atom is 0.278 e. The molecule has 2 aromatic rings. The summed E-state index contributed by atoms with van der Waals surface area (Å²) < 4.78 is 5.73. The Morgan fingerprint density at radius 3 is 2.07 bits per heavy atom. The molecule has 1 heterocycles. The number of carbonyl (C=O) groups excluding carboxylic acids is 2. The topological polar surface area (TPSA) is 49.9 Å². The number of hydrogen-bond acceptors (Lipinski definition) is 4. The van der Waals surface area contributed by atoms with Crippen LogP contribution < -0.4 is 9.64 Å². The van der Waals surface area contributed by atoms with Crippen LogP contribution in [0, 0.1) is 5.92 Å². The van der Waals surface area contributed by atoms with E-state index in [1.165, 1.54) is 4.90 Å². The summed E-state index contributed by atoms with van der Waals surface area (Å²) in [5.41, 5.74) is 2.49. The first-order valence-corrected chi connectivity index (χ1v) is 10.5. The van der Waals surface area contributed by atoms with Crippen LogP contribution in [0.5, 0.6) is 5.75 Å². The van der Waals surface area contributed by atoms with E-state index in [2.05, 4.69) is 0 Å². The molecule has 0 N–H and O–H groups in total. The predicted octanol–water partition coefficient (Wildman–Crippen LogP) is 4.74. The van der Waals surface area contributed by atoms with Crippen molar-refractivity contribution in [2.24, 2.45) is 5.92 Å². The van der Waals surface area contributed by atoms with Gasteiger partial charge in [0.25, 0.3) is 11.8 Å². The molecule has 2 amide bonds. The predicted molar refractivity (Wildman–Crippen MR) is 120 cm³/mol. The van der Waals surface area contributed by atoms with Crippen molar-refractivity contribution in [1.82, 2.24) is 4.90 Å². The standard InChI is InChI=1S/C25H30N2O3/c1-6-26(20-10-8-7-9-11-20)23-22(24(28)27(25(23)29)16-17(2)3)19-12-14-21(15-13-19)30-18(4)5/h7-15,17-18H,6,16H2,1-5H3. The third kappa shape index (κ3) is 4.40. The summed E-state index contributed by atoms with van der Waals surface area (Å²) in [5.74, 6) is 0.446. The highest BCUT2D eigenvalue weighted by Gasteiger charge is 2.41. The van der Waals surface area contributed by atoms with Crippen LogP contribution in [-0.2, 0) is 9.59 Å². The molecule has 0 atom stereocenters. The number of likely N-dealkylation sites (N-methyl/N-ethyl adjacent to an activating group) is 1. The molecule has 0 spiro atoms. The molecular weight excluding hydrogens is 376 g/mol. The third-order valence-corrected chi connectivity index (χ3v) is 4.86. The van der Waals surface area contributed by atoms with Crippen molar-refractivity contribution in [1.29, 1.82) is 0 Å². The smallest absolute Gasteiger partial charge is 0.278 e. The normalized spacial score (nSPS) is 14.3. The zero-order valence-electron chi connectivity index (χ0n) is 18.4. The van der Waals surface area contributed by atoms with Crippen molar-refractivity contribution in [3.63, 3.8) is 0 Å². The first-order valence-electron chi connectivity index (χ1n) is 10.5. The Hall–Kier alpha value is -3.08. The Morgan fingerprint density at radius 2 is 1.53 bits per heavy atom. The summed E-state index contributed by atoms with van der Waals surface area (Å²) in [7, 11) is 0. The SMILES string of the molecule is CCN(C1=C(c2ccc(OC(C)C)cc2)C(=O)N(CC(C)C)C1=O)c1ccccc1. The van der Waals surface area contributed by atoms with Gasteiger partial charge in [0.2, 0.25) is 0 Å². The Labute approximate surface area is 178 Å². The molecule has 3 rings (SSSR count). The third-order valence-electron chi connectivity index (χ3n) is 4.86. The summed E-state index contributed by atoms with van der Waals surface area (Å²) in [4.78, 5) is 30.1. The van der Waals surface area contributed by atoms with Crippen LogP contribution in [0.2, 0.25) is 0 Å². The lowest BCUT2D eigenvalue weighted by Gasteiger charge is -2.25. The average molecular weight is 407 g/mol. The van der Waals surface area contributed by atoms with E-state index in [4.69, 9.17) is 4.74 Å². The van der Waals surface area contributed by atoms with Crippen molar-refractivity contribution < 1.29 is 14.3 Å². The van der Waals surface area contributed by atoms with Crippen LogP contribution in [0.1, 0.15) is 40.2 Å². The second kappa shape index (κ2) is 9.16. The van der Waals surface area contributed by atoms with E-state index in [9.17, 15) is 9.59 Å². The minimum absolute atomic E-state index is 0.0653. The molecule has 158 valence electrons. The molecule has 0 aromatic heterocycles. The number of amides is 2. The van der Waals surface area contributed by atoms with E-state index < -0.39 is 0 Å². The largest absolute Gasteiger partial charge is 0.491 e. The van der Waals surface area contributed by atoms with Gasteiger partial charge in [0.15, 0.2) is 0 Å². The van der Waals surface area contributed by atoms with Crippen molar-refractivity contribution in [2.45, 2.75) is 40.7 Å². The van der Waals surface area contributed by atoms with Crippen molar-refractivity contribution in [3.8, 4) is 5.75 Å². The van der Waals surface area contributed by atoms with Gasteiger partial charge in [-0.05, 0) is 56.5 Å². The number of nitrogens with zero attached hydrogens (tertiary/aromatic N) is 2. The molecule has 0 saturated carbocycles. The molecule has 0 fully saturated rings. The monoisotopic (exact) mass is 406 g/mol. The van der Waals surface area contributed by atoms with E-state index in [1.807, 2.05) is 94.1 Å². The summed E-state index contributed by atoms with van der Waals surface area (Å²) in [6.07, 6.45) is 0.0653. The number of rotatable bonds is 8. The molecule has 30 heavy (non-hydrogen) atoms. The zero-order chi connectivity index (χ0) is 21.8. The summed E-state index contributed by atoms with van der Waals surface area (Å²) >= 11 is 0. The highest BCUT2D eigenvalue weighted by Crippen LogP contribution is 2.35. The molecule has 1 aliphatic rings. The highest BCUT2D eigenvalue weighted by molar-refractivity contribution is 6.36. The lowest BCUT2D eigenvalue weighted by atomic mass is 10.0. The van der Waals surface area contributed by atoms with Gasteiger partial charge in [-0.1, -0.05) is 44.2 Å². The molecule has 0 unspecified atom stereocenters. The fourth-order valence-electron chi connectivity index (χ4n) is 3.65. The summed E-state index contributed by atoms with van der Waals surface area (Å²) in [6.45, 7) is 10.9. The van der Waals surface area contributed by atoms with Gasteiger partial charge >= 0.3 is 0 Å². The Balaban J connectivity index is 2.11. The van der Waals surface area contributed by atoms with Gasteiger partial charge in [0.05, 0.1) is 11.7 Å².